The number of carboxylic acid groups (broad SMARTS) is 1. The highest BCUT2D eigenvalue weighted by atomic mass is 16.5. The molecule has 7 nitrogen and oxygen atoms in total. The molecule has 0 bridgehead atoms. The molecule has 7 heteroatoms. The fourth-order valence-corrected chi connectivity index (χ4v) is 2.02. The first kappa shape index (κ1) is 13.0. The van der Waals surface area contributed by atoms with Crippen molar-refractivity contribution >= 4 is 17.1 Å². The van der Waals surface area contributed by atoms with Gasteiger partial charge in [0.25, 0.3) is 5.71 Å². The average Bonchev–Trinajstić information content (AvgIpc) is 2.90. The Morgan fingerprint density at radius 2 is 2.14 bits per heavy atom. The number of nitrogens with zero attached hydrogens (tertiary/aromatic N) is 3. The number of ether oxygens (including phenoxy) is 1. The highest BCUT2D eigenvalue weighted by Gasteiger charge is 2.19. The van der Waals surface area contributed by atoms with Gasteiger partial charge in [-0.1, -0.05) is 29.4 Å². The minimum Gasteiger partial charge on any atom is -0.479 e. The van der Waals surface area contributed by atoms with Gasteiger partial charge in [0, 0.05) is 5.56 Å². The third kappa shape index (κ3) is 2.40. The van der Waals surface area contributed by atoms with Gasteiger partial charge in [0.1, 0.15) is 17.4 Å². The maximum absolute atomic E-state index is 10.6. The van der Waals surface area contributed by atoms with Gasteiger partial charge in [-0.2, -0.15) is 4.98 Å². The van der Waals surface area contributed by atoms with Crippen LogP contribution < -0.4 is 4.74 Å². The lowest BCUT2D eigenvalue weighted by molar-refractivity contribution is -0.139. The van der Waals surface area contributed by atoms with Crippen molar-refractivity contribution in [1.29, 1.82) is 0 Å². The van der Waals surface area contributed by atoms with Crippen molar-refractivity contribution in [2.24, 2.45) is 0 Å². The molecule has 0 saturated heterocycles. The highest BCUT2D eigenvalue weighted by molar-refractivity contribution is 5.94. The van der Waals surface area contributed by atoms with Crippen LogP contribution in [0.1, 0.15) is 5.56 Å². The van der Waals surface area contributed by atoms with E-state index in [9.17, 15) is 4.79 Å². The van der Waals surface area contributed by atoms with E-state index in [2.05, 4.69) is 15.1 Å². The molecule has 0 atom stereocenters. The zero-order valence-electron chi connectivity index (χ0n) is 11.1. The van der Waals surface area contributed by atoms with Gasteiger partial charge in [0.2, 0.25) is 5.88 Å². The van der Waals surface area contributed by atoms with E-state index in [1.165, 1.54) is 6.33 Å². The molecule has 0 radical (unpaired) electrons. The molecular weight excluding hydrogens is 274 g/mol. The molecule has 1 N–H and O–H groups in total. The minimum absolute atomic E-state index is 0.141. The lowest BCUT2D eigenvalue weighted by Crippen LogP contribution is -2.10. The van der Waals surface area contributed by atoms with E-state index in [0.29, 0.717) is 11.1 Å². The third-order valence-corrected chi connectivity index (χ3v) is 2.97. The summed E-state index contributed by atoms with van der Waals surface area (Å²) in [5.41, 5.74) is 2.64. The number of fused-ring (bicyclic) bond motifs is 1. The number of hydrogen-bond acceptors (Lipinski definition) is 6. The molecule has 0 fully saturated rings. The van der Waals surface area contributed by atoms with E-state index in [1.807, 2.05) is 31.2 Å². The Balaban J connectivity index is 2.16. The standard InChI is InChI=1S/C14H11N3O4/c1-8-4-2-3-5-9(8)12-11-13(20-6-10(18)19)15-7-16-14(11)21-17-12/h2-5,7H,6H2,1H3,(H,18,19). The third-order valence-electron chi connectivity index (χ3n) is 2.97. The fourth-order valence-electron chi connectivity index (χ4n) is 2.02. The van der Waals surface area contributed by atoms with Crippen LogP contribution in [0.4, 0.5) is 0 Å². The van der Waals surface area contributed by atoms with Crippen molar-refractivity contribution in [3.63, 3.8) is 0 Å². The number of benzene rings is 1. The lowest BCUT2D eigenvalue weighted by Gasteiger charge is -2.05. The molecular formula is C14H11N3O4. The summed E-state index contributed by atoms with van der Waals surface area (Å²) < 4.78 is 10.4. The first-order valence-corrected chi connectivity index (χ1v) is 6.18. The van der Waals surface area contributed by atoms with E-state index in [1.54, 1.807) is 0 Å². The molecule has 0 unspecified atom stereocenters. The molecule has 0 amide bonds. The number of aliphatic carboxylic acids is 1. The number of carbonyl (C=O) groups is 1. The van der Waals surface area contributed by atoms with Crippen molar-refractivity contribution in [2.45, 2.75) is 6.92 Å². The largest absolute Gasteiger partial charge is 0.479 e. The van der Waals surface area contributed by atoms with Gasteiger partial charge < -0.3 is 14.4 Å². The highest BCUT2D eigenvalue weighted by Crippen LogP contribution is 2.33. The van der Waals surface area contributed by atoms with Crippen LogP contribution >= 0.6 is 0 Å². The Labute approximate surface area is 119 Å². The predicted molar refractivity (Wildman–Crippen MR) is 72.9 cm³/mol. The molecule has 3 rings (SSSR count). The maximum atomic E-state index is 10.6. The van der Waals surface area contributed by atoms with Crippen LogP contribution in [0.3, 0.4) is 0 Å². The summed E-state index contributed by atoms with van der Waals surface area (Å²) >= 11 is 0. The maximum Gasteiger partial charge on any atom is 0.341 e. The van der Waals surface area contributed by atoms with Crippen molar-refractivity contribution in [3.05, 3.63) is 36.2 Å². The molecule has 106 valence electrons. The summed E-state index contributed by atoms with van der Waals surface area (Å²) in [6.07, 6.45) is 1.24. The van der Waals surface area contributed by atoms with E-state index in [-0.39, 0.29) is 11.6 Å². The second kappa shape index (κ2) is 5.20. The van der Waals surface area contributed by atoms with Crippen LogP contribution in [0.2, 0.25) is 0 Å². The van der Waals surface area contributed by atoms with E-state index in [0.717, 1.165) is 11.1 Å². The summed E-state index contributed by atoms with van der Waals surface area (Å²) in [4.78, 5) is 18.6. The summed E-state index contributed by atoms with van der Waals surface area (Å²) in [6.45, 7) is 1.45. The van der Waals surface area contributed by atoms with Crippen LogP contribution in [0.25, 0.3) is 22.4 Å². The second-order valence-corrected chi connectivity index (χ2v) is 4.39. The van der Waals surface area contributed by atoms with Crippen LogP contribution in [0, 0.1) is 6.92 Å². The number of carboxylic acids is 1. The molecule has 0 aliphatic carbocycles. The van der Waals surface area contributed by atoms with Crippen LogP contribution in [-0.2, 0) is 4.79 Å². The van der Waals surface area contributed by atoms with Crippen molar-refractivity contribution in [3.8, 4) is 17.1 Å². The fraction of sp³-hybridized carbons (Fsp3) is 0.143. The van der Waals surface area contributed by atoms with Crippen LogP contribution in [0.5, 0.6) is 5.88 Å². The van der Waals surface area contributed by atoms with Crippen molar-refractivity contribution in [1.82, 2.24) is 15.1 Å². The normalized spacial score (nSPS) is 10.7. The SMILES string of the molecule is Cc1ccccc1-c1noc2ncnc(OCC(=O)O)c12. The monoisotopic (exact) mass is 285 g/mol. The van der Waals surface area contributed by atoms with E-state index in [4.69, 9.17) is 14.4 Å². The molecule has 0 aliphatic heterocycles. The van der Waals surface area contributed by atoms with Crippen molar-refractivity contribution in [2.75, 3.05) is 6.61 Å². The Morgan fingerprint density at radius 1 is 1.33 bits per heavy atom. The first-order valence-electron chi connectivity index (χ1n) is 6.18. The second-order valence-electron chi connectivity index (χ2n) is 4.39. The predicted octanol–water partition coefficient (Wildman–Crippen LogP) is 2.06. The van der Waals surface area contributed by atoms with Crippen LogP contribution in [0.15, 0.2) is 35.1 Å². The number of aromatic nitrogens is 3. The molecule has 0 saturated carbocycles. The van der Waals surface area contributed by atoms with Gasteiger partial charge in [-0.15, -0.1) is 0 Å². The zero-order chi connectivity index (χ0) is 14.8. The Morgan fingerprint density at radius 3 is 2.90 bits per heavy atom. The summed E-state index contributed by atoms with van der Waals surface area (Å²) in [5.74, 6) is -0.947. The van der Waals surface area contributed by atoms with Gasteiger partial charge in [0.05, 0.1) is 0 Å². The molecule has 0 aliphatic rings. The molecule has 2 heterocycles. The first-order chi connectivity index (χ1) is 10.2. The van der Waals surface area contributed by atoms with Gasteiger partial charge >= 0.3 is 5.97 Å². The number of aryl methyl sites for hydroxylation is 1. The zero-order valence-corrected chi connectivity index (χ0v) is 11.1. The Bertz CT molecular complexity index is 813. The van der Waals surface area contributed by atoms with Gasteiger partial charge in [-0.25, -0.2) is 9.78 Å². The topological polar surface area (TPSA) is 98.3 Å². The van der Waals surface area contributed by atoms with Gasteiger partial charge in [-0.05, 0) is 12.5 Å². The van der Waals surface area contributed by atoms with Gasteiger partial charge in [0.15, 0.2) is 6.61 Å². The summed E-state index contributed by atoms with van der Waals surface area (Å²) in [7, 11) is 0. The number of hydrogen-bond donors (Lipinski definition) is 1. The quantitative estimate of drug-likeness (QED) is 0.783. The Hall–Kier alpha value is -2.96. The minimum atomic E-state index is -1.09. The summed E-state index contributed by atoms with van der Waals surface area (Å²) in [5, 5.41) is 13.2. The molecule has 1 aromatic carbocycles. The van der Waals surface area contributed by atoms with Crippen LogP contribution in [-0.4, -0.2) is 32.8 Å². The molecule has 3 aromatic rings. The smallest absolute Gasteiger partial charge is 0.341 e. The molecule has 21 heavy (non-hydrogen) atoms. The lowest BCUT2D eigenvalue weighted by atomic mass is 10.0. The van der Waals surface area contributed by atoms with Crippen molar-refractivity contribution < 1.29 is 19.2 Å². The molecule has 2 aromatic heterocycles. The van der Waals surface area contributed by atoms with Gasteiger partial charge in [-0.3, -0.25) is 0 Å². The summed E-state index contributed by atoms with van der Waals surface area (Å²) in [6, 6.07) is 7.63. The molecule has 0 spiro atoms. The Kier molecular flexibility index (Phi) is 3.23. The van der Waals surface area contributed by atoms with E-state index < -0.39 is 12.6 Å². The number of rotatable bonds is 4. The average molecular weight is 285 g/mol. The van der Waals surface area contributed by atoms with E-state index >= 15 is 0 Å².